The number of para-hydroxylation sites is 1. The van der Waals surface area contributed by atoms with Gasteiger partial charge in [0.1, 0.15) is 29.0 Å². The molecule has 1 atom stereocenters. The lowest BCUT2D eigenvalue weighted by Gasteiger charge is -2.38. The summed E-state index contributed by atoms with van der Waals surface area (Å²) in [7, 11) is 1.13. The molecule has 40 heavy (non-hydrogen) atoms. The van der Waals surface area contributed by atoms with Crippen LogP contribution >= 0.6 is 0 Å². The Labute approximate surface area is 225 Å². The Morgan fingerprint density at radius 1 is 0.850 bits per heavy atom. The summed E-state index contributed by atoms with van der Waals surface area (Å²) in [6, 6.07) is 17.0. The van der Waals surface area contributed by atoms with Gasteiger partial charge in [0, 0.05) is 11.1 Å². The van der Waals surface area contributed by atoms with E-state index >= 15 is 8.78 Å². The van der Waals surface area contributed by atoms with Crippen molar-refractivity contribution in [1.29, 1.82) is 0 Å². The zero-order valence-corrected chi connectivity index (χ0v) is 20.8. The average Bonchev–Trinajstić information content (AvgIpc) is 2.93. The fourth-order valence-electron chi connectivity index (χ4n) is 4.62. The predicted octanol–water partition coefficient (Wildman–Crippen LogP) is 7.99. The summed E-state index contributed by atoms with van der Waals surface area (Å²) in [6.45, 7) is 0. The van der Waals surface area contributed by atoms with Gasteiger partial charge in [0.2, 0.25) is 0 Å². The van der Waals surface area contributed by atoms with E-state index in [2.05, 4.69) is 4.99 Å². The highest BCUT2D eigenvalue weighted by atomic mass is 19.4. The summed E-state index contributed by atoms with van der Waals surface area (Å²) in [5.41, 5.74) is 0.128. The summed E-state index contributed by atoms with van der Waals surface area (Å²) in [5, 5.41) is 0. The fraction of sp³-hybridized carbons (Fsp3) is 0.133. The van der Waals surface area contributed by atoms with Crippen LogP contribution < -0.4 is 4.90 Å². The number of alkyl halides is 3. The molecule has 0 saturated heterocycles. The first-order chi connectivity index (χ1) is 19.1. The average molecular weight is 554 g/mol. The molecule has 1 unspecified atom stereocenters. The van der Waals surface area contributed by atoms with E-state index in [1.807, 2.05) is 0 Å². The lowest BCUT2D eigenvalue weighted by atomic mass is 9.94. The minimum absolute atomic E-state index is 0.0737. The second-order valence-electron chi connectivity index (χ2n) is 9.03. The van der Waals surface area contributed by atoms with Crippen LogP contribution in [-0.2, 0) is 15.7 Å². The van der Waals surface area contributed by atoms with Crippen LogP contribution in [0.4, 0.5) is 37.7 Å². The van der Waals surface area contributed by atoms with E-state index in [9.17, 15) is 22.4 Å². The van der Waals surface area contributed by atoms with Gasteiger partial charge in [0.15, 0.2) is 0 Å². The molecule has 1 heterocycles. The highest BCUT2D eigenvalue weighted by Crippen LogP contribution is 2.44. The van der Waals surface area contributed by atoms with Gasteiger partial charge in [-0.1, -0.05) is 48.5 Å². The predicted molar refractivity (Wildman–Crippen MR) is 138 cm³/mol. The van der Waals surface area contributed by atoms with Crippen LogP contribution in [-0.4, -0.2) is 18.9 Å². The maximum Gasteiger partial charge on any atom is 0.416 e. The lowest BCUT2D eigenvalue weighted by molar-refractivity contribution is -0.141. The van der Waals surface area contributed by atoms with Crippen LogP contribution in [0.15, 0.2) is 89.9 Å². The first-order valence-electron chi connectivity index (χ1n) is 12.0. The smallest absolute Gasteiger partial charge is 0.416 e. The molecule has 4 aromatic carbocycles. The number of hydrogen-bond donors (Lipinski definition) is 0. The summed E-state index contributed by atoms with van der Waals surface area (Å²) in [5.74, 6) is -2.95. The number of rotatable bonds is 5. The maximum atomic E-state index is 15.3. The Hall–Kier alpha value is -4.60. The number of amidine groups is 1. The molecular formula is C30H20F6N2O2. The molecule has 0 aliphatic carbocycles. The monoisotopic (exact) mass is 554 g/mol. The molecule has 0 spiro atoms. The number of halogens is 6. The number of ether oxygens (including phenoxy) is 1. The Morgan fingerprint density at radius 3 is 2.10 bits per heavy atom. The van der Waals surface area contributed by atoms with Crippen molar-refractivity contribution < 1.29 is 35.9 Å². The van der Waals surface area contributed by atoms with Gasteiger partial charge in [-0.3, -0.25) is 4.79 Å². The first kappa shape index (κ1) is 27.0. The van der Waals surface area contributed by atoms with Crippen LogP contribution in [0.2, 0.25) is 0 Å². The summed E-state index contributed by atoms with van der Waals surface area (Å²) >= 11 is 0. The summed E-state index contributed by atoms with van der Waals surface area (Å²) in [6.07, 6.45) is -5.22. The molecule has 1 aliphatic rings. The largest absolute Gasteiger partial charge is 0.469 e. The first-order valence-corrected chi connectivity index (χ1v) is 12.0. The minimum Gasteiger partial charge on any atom is -0.469 e. The third-order valence-electron chi connectivity index (χ3n) is 6.58. The van der Waals surface area contributed by atoms with E-state index in [0.717, 1.165) is 18.1 Å². The molecule has 0 saturated carbocycles. The third-order valence-corrected chi connectivity index (χ3v) is 6.58. The highest BCUT2D eigenvalue weighted by Gasteiger charge is 2.38. The topological polar surface area (TPSA) is 41.9 Å². The Kier molecular flexibility index (Phi) is 7.10. The molecule has 5 rings (SSSR count). The van der Waals surface area contributed by atoms with Crippen molar-refractivity contribution in [2.75, 3.05) is 12.0 Å². The molecule has 0 N–H and O–H groups in total. The van der Waals surface area contributed by atoms with Gasteiger partial charge in [0.05, 0.1) is 30.8 Å². The molecule has 0 amide bonds. The van der Waals surface area contributed by atoms with E-state index in [0.29, 0.717) is 34.9 Å². The van der Waals surface area contributed by atoms with Crippen LogP contribution in [0.25, 0.3) is 11.1 Å². The number of nitrogens with zero attached hydrogens (tertiary/aromatic N) is 2. The summed E-state index contributed by atoms with van der Waals surface area (Å²) in [4.78, 5) is 18.0. The van der Waals surface area contributed by atoms with Gasteiger partial charge >= 0.3 is 12.1 Å². The van der Waals surface area contributed by atoms with Crippen LogP contribution in [0.1, 0.15) is 29.2 Å². The second-order valence-corrected chi connectivity index (χ2v) is 9.03. The van der Waals surface area contributed by atoms with E-state index in [-0.39, 0.29) is 17.1 Å². The van der Waals surface area contributed by atoms with Crippen LogP contribution in [0.5, 0.6) is 0 Å². The van der Waals surface area contributed by atoms with E-state index in [1.165, 1.54) is 24.3 Å². The number of carbonyl (C=O) groups excluding carboxylic acids is 1. The van der Waals surface area contributed by atoms with Crippen molar-refractivity contribution in [3.63, 3.8) is 0 Å². The van der Waals surface area contributed by atoms with Gasteiger partial charge in [-0.25, -0.2) is 18.2 Å². The molecule has 0 fully saturated rings. The molecule has 10 heteroatoms. The quantitative estimate of drug-likeness (QED) is 0.186. The number of aliphatic imine (C=N–C) groups is 1. The fourth-order valence-corrected chi connectivity index (χ4v) is 4.62. The maximum absolute atomic E-state index is 15.3. The van der Waals surface area contributed by atoms with Gasteiger partial charge in [-0.05, 0) is 47.5 Å². The number of methoxy groups -OCH3 is 1. The SMILES string of the molecule is COC(=O)CC1c2cccc(F)c2N=C(c2ccc(-c3ccc(F)cc3)cc2)N1c1cc(C(F)(F)F)ccc1F. The third kappa shape index (κ3) is 5.16. The number of esters is 1. The molecule has 4 nitrogen and oxygen atoms in total. The molecule has 0 aromatic heterocycles. The zero-order valence-electron chi connectivity index (χ0n) is 20.8. The van der Waals surface area contributed by atoms with Gasteiger partial charge in [-0.15, -0.1) is 0 Å². The Morgan fingerprint density at radius 2 is 1.48 bits per heavy atom. The molecule has 0 bridgehead atoms. The molecular weight excluding hydrogens is 534 g/mol. The number of benzene rings is 4. The molecule has 4 aromatic rings. The lowest BCUT2D eigenvalue weighted by Crippen LogP contribution is -2.40. The van der Waals surface area contributed by atoms with Crippen LogP contribution in [0.3, 0.4) is 0 Å². The van der Waals surface area contributed by atoms with E-state index < -0.39 is 53.3 Å². The normalized spacial score (nSPS) is 14.9. The van der Waals surface area contributed by atoms with Crippen molar-refractivity contribution in [3.8, 4) is 11.1 Å². The Balaban J connectivity index is 1.72. The molecule has 0 radical (unpaired) electrons. The van der Waals surface area contributed by atoms with E-state index in [4.69, 9.17) is 4.74 Å². The number of anilines is 1. The Bertz CT molecular complexity index is 1600. The van der Waals surface area contributed by atoms with Gasteiger partial charge in [-0.2, -0.15) is 13.2 Å². The van der Waals surface area contributed by atoms with E-state index in [1.54, 1.807) is 36.4 Å². The van der Waals surface area contributed by atoms with Crippen molar-refractivity contribution in [1.82, 2.24) is 0 Å². The summed E-state index contributed by atoms with van der Waals surface area (Å²) < 4.78 is 89.5. The zero-order chi connectivity index (χ0) is 28.6. The van der Waals surface area contributed by atoms with Crippen molar-refractivity contribution in [2.24, 2.45) is 4.99 Å². The molecule has 204 valence electrons. The number of fused-ring (bicyclic) bond motifs is 1. The standard InChI is InChI=1S/C30H20F6N2O2/c1-40-27(39)16-25-22-3-2-4-24(33)28(22)37-29(38(25)26-15-20(30(34,35)36)11-14-23(26)32)19-7-5-17(6-8-19)18-9-12-21(31)13-10-18/h2-15,25H,16H2,1H3. The second kappa shape index (κ2) is 10.5. The molecule has 1 aliphatic heterocycles. The van der Waals surface area contributed by atoms with Crippen LogP contribution in [0, 0.1) is 17.5 Å². The van der Waals surface area contributed by atoms with Crippen molar-refractivity contribution >= 4 is 23.2 Å². The van der Waals surface area contributed by atoms with Crippen molar-refractivity contribution in [3.05, 3.63) is 119 Å². The number of hydrogen-bond acceptors (Lipinski definition) is 4. The van der Waals surface area contributed by atoms with Gasteiger partial charge < -0.3 is 9.64 Å². The minimum atomic E-state index is -4.78. The van der Waals surface area contributed by atoms with Crippen molar-refractivity contribution in [2.45, 2.75) is 18.6 Å². The number of carbonyl (C=O) groups is 1. The van der Waals surface area contributed by atoms with Gasteiger partial charge in [0.25, 0.3) is 0 Å². The highest BCUT2D eigenvalue weighted by molar-refractivity contribution is 6.13.